The van der Waals surface area contributed by atoms with E-state index < -0.39 is 0 Å². The quantitative estimate of drug-likeness (QED) is 0.177. The zero-order valence-electron chi connectivity index (χ0n) is 25.3. The van der Waals surface area contributed by atoms with Crippen LogP contribution in [0.15, 0.2) is 107 Å². The van der Waals surface area contributed by atoms with E-state index in [0.717, 1.165) is 34.4 Å². The summed E-state index contributed by atoms with van der Waals surface area (Å²) in [5, 5.41) is 28.6. The second kappa shape index (κ2) is 20.4. The van der Waals surface area contributed by atoms with Gasteiger partial charge in [0.2, 0.25) is 12.8 Å². The predicted molar refractivity (Wildman–Crippen MR) is 169 cm³/mol. The molecule has 0 heterocycles. The summed E-state index contributed by atoms with van der Waals surface area (Å²) in [7, 11) is 6.75. The molecule has 45 heavy (non-hydrogen) atoms. The van der Waals surface area contributed by atoms with Crippen LogP contribution >= 0.6 is 0 Å². The number of para-hydroxylation sites is 2. The molecule has 0 N–H and O–H groups in total. The average molecular weight is 831 g/mol. The van der Waals surface area contributed by atoms with Gasteiger partial charge in [-0.2, -0.15) is 0 Å². The second-order valence-corrected chi connectivity index (χ2v) is 9.54. The standard InChI is InChI=1S/C28H20N2O2.2C3H7NO.2O.U/c31-27-15-13-19-7-1-3-9-21(19)23(27)17-29-25-11-5-6-12-26(25)30-18-24-22-10-4-2-8-20(22)14-16-28(24)32;2*1-4(2)3-5;;;/h1-18,31-32H;2*3H,1-2H3;;;/q;;;2*-2;/p-2. The van der Waals surface area contributed by atoms with E-state index in [-0.39, 0.29) is 53.6 Å². The summed E-state index contributed by atoms with van der Waals surface area (Å²) in [5.41, 5.74) is 2.31. The molecular weight excluding hydrogens is 798 g/mol. The van der Waals surface area contributed by atoms with Crippen LogP contribution in [-0.4, -0.2) is 63.2 Å². The number of carbonyl (C=O) groups excluding carboxylic acids is 2. The van der Waals surface area contributed by atoms with Crippen LogP contribution in [0.2, 0.25) is 0 Å². The first-order valence-corrected chi connectivity index (χ1v) is 13.0. The van der Waals surface area contributed by atoms with E-state index in [4.69, 9.17) is 0 Å². The third-order valence-electron chi connectivity index (χ3n) is 5.83. The minimum atomic E-state index is -0.0832. The minimum absolute atomic E-state index is 0. The number of aliphatic imine (C=N–C) groups is 2. The number of nitrogens with zero attached hydrogens (tertiary/aromatic N) is 4. The Labute approximate surface area is 286 Å². The minimum Gasteiger partial charge on any atom is -2.00 e. The van der Waals surface area contributed by atoms with Crippen LogP contribution in [0, 0.1) is 31.1 Å². The molecule has 0 saturated heterocycles. The van der Waals surface area contributed by atoms with E-state index in [9.17, 15) is 19.8 Å². The molecule has 0 radical (unpaired) electrons. The van der Waals surface area contributed by atoms with Gasteiger partial charge in [-0.1, -0.05) is 96.4 Å². The van der Waals surface area contributed by atoms with E-state index in [1.54, 1.807) is 52.8 Å². The molecule has 0 atom stereocenters. The van der Waals surface area contributed by atoms with Crippen LogP contribution in [0.25, 0.3) is 21.5 Å². The van der Waals surface area contributed by atoms with Gasteiger partial charge in [0.25, 0.3) is 0 Å². The molecule has 0 unspecified atom stereocenters. The summed E-state index contributed by atoms with van der Waals surface area (Å²) in [6.07, 6.45) is 4.69. The monoisotopic (exact) mass is 830 g/mol. The van der Waals surface area contributed by atoms with Crippen molar-refractivity contribution in [3.8, 4) is 11.5 Å². The molecule has 234 valence electrons. The van der Waals surface area contributed by atoms with Crippen molar-refractivity contribution in [3.63, 3.8) is 0 Å². The molecule has 0 bridgehead atoms. The summed E-state index contributed by atoms with van der Waals surface area (Å²) in [5.74, 6) is -0.166. The van der Waals surface area contributed by atoms with E-state index in [1.807, 2.05) is 84.9 Å². The Morgan fingerprint density at radius 3 is 1.18 bits per heavy atom. The molecule has 10 nitrogen and oxygen atoms in total. The fourth-order valence-corrected chi connectivity index (χ4v) is 3.77. The molecule has 0 fully saturated rings. The van der Waals surface area contributed by atoms with Gasteiger partial charge in [0.1, 0.15) is 0 Å². The normalized spacial score (nSPS) is 9.87. The van der Waals surface area contributed by atoms with Crippen molar-refractivity contribution < 1.29 is 61.9 Å². The van der Waals surface area contributed by atoms with Gasteiger partial charge in [-0.15, -0.1) is 0 Å². The first-order valence-electron chi connectivity index (χ1n) is 13.0. The van der Waals surface area contributed by atoms with Crippen molar-refractivity contribution in [2.24, 2.45) is 9.98 Å². The molecule has 0 aliphatic heterocycles. The summed E-state index contributed by atoms with van der Waals surface area (Å²) in [4.78, 5) is 30.9. The molecule has 0 aliphatic carbocycles. The van der Waals surface area contributed by atoms with Gasteiger partial charge >= 0.3 is 0 Å². The van der Waals surface area contributed by atoms with Gasteiger partial charge in [-0.05, 0) is 44.8 Å². The molecule has 5 aromatic carbocycles. The first-order chi connectivity index (χ1) is 20.2. The molecule has 0 aromatic heterocycles. The summed E-state index contributed by atoms with van der Waals surface area (Å²) in [6, 6.07) is 29.6. The summed E-state index contributed by atoms with van der Waals surface area (Å²) >= 11 is 0. The van der Waals surface area contributed by atoms with Crippen LogP contribution in [0.4, 0.5) is 11.4 Å². The van der Waals surface area contributed by atoms with Crippen LogP contribution in [-0.2, 0) is 20.5 Å². The van der Waals surface area contributed by atoms with Gasteiger partial charge in [0, 0.05) is 71.7 Å². The smallest absolute Gasteiger partial charge is 0.209 e. The van der Waals surface area contributed by atoms with Crippen molar-refractivity contribution >= 4 is 58.2 Å². The third kappa shape index (κ3) is 11.8. The van der Waals surface area contributed by atoms with Gasteiger partial charge in [0.15, 0.2) is 0 Å². The molecule has 11 heteroatoms. The zero-order chi connectivity index (χ0) is 30.5. The van der Waals surface area contributed by atoms with Gasteiger partial charge in [0.05, 0.1) is 11.4 Å². The molecular formula is C34H32N4O6U-6. The largest absolute Gasteiger partial charge is 2.00 e. The Morgan fingerprint density at radius 1 is 0.533 bits per heavy atom. The first kappa shape index (κ1) is 40.5. The van der Waals surface area contributed by atoms with Crippen LogP contribution in [0.5, 0.6) is 11.5 Å². The van der Waals surface area contributed by atoms with Crippen molar-refractivity contribution in [1.29, 1.82) is 0 Å². The number of carbonyl (C=O) groups is 2. The second-order valence-electron chi connectivity index (χ2n) is 9.54. The van der Waals surface area contributed by atoms with E-state index in [1.165, 1.54) is 9.80 Å². The third-order valence-corrected chi connectivity index (χ3v) is 5.83. The number of amides is 2. The number of hydrogen-bond donors (Lipinski definition) is 0. The zero-order valence-corrected chi connectivity index (χ0v) is 29.4. The van der Waals surface area contributed by atoms with Crippen LogP contribution < -0.4 is 10.2 Å². The van der Waals surface area contributed by atoms with E-state index >= 15 is 0 Å². The van der Waals surface area contributed by atoms with Crippen molar-refractivity contribution in [3.05, 3.63) is 108 Å². The molecule has 5 aromatic rings. The summed E-state index contributed by atoms with van der Waals surface area (Å²) < 4.78 is 0. The molecule has 0 saturated carbocycles. The Bertz CT molecular complexity index is 1600. The molecule has 0 spiro atoms. The number of fused-ring (bicyclic) bond motifs is 2. The maximum Gasteiger partial charge on any atom is 0.209 e. The molecule has 5 rings (SSSR count). The maximum atomic E-state index is 12.5. The Balaban J connectivity index is 0.00000131. The topological polar surface area (TPSA) is 168 Å². The van der Waals surface area contributed by atoms with E-state index in [2.05, 4.69) is 9.98 Å². The fraction of sp³-hybridized carbons (Fsp3) is 0.118. The Hall–Kier alpha value is -4.53. The van der Waals surface area contributed by atoms with Crippen molar-refractivity contribution in [2.45, 2.75) is 0 Å². The van der Waals surface area contributed by atoms with Gasteiger partial charge < -0.3 is 31.0 Å². The number of hydrogen-bond acceptors (Lipinski definition) is 6. The van der Waals surface area contributed by atoms with Crippen molar-refractivity contribution in [2.75, 3.05) is 28.2 Å². The van der Waals surface area contributed by atoms with Crippen LogP contribution in [0.3, 0.4) is 0 Å². The van der Waals surface area contributed by atoms with Crippen LogP contribution in [0.1, 0.15) is 11.1 Å². The molecule has 2 amide bonds. The summed E-state index contributed by atoms with van der Waals surface area (Å²) in [6.45, 7) is 0. The maximum absolute atomic E-state index is 12.5. The Morgan fingerprint density at radius 2 is 0.844 bits per heavy atom. The SMILES string of the molecule is CN(C)C=O.CN(C)C=O.[O-2].[O-2].[O-]c1ccc2ccccc2c1C=Nc1ccccc1N=Cc1c([O-])ccc2ccccc12.[U]. The average Bonchev–Trinajstić information content (AvgIpc) is 3.01. The Kier molecular flexibility index (Phi) is 18.4. The van der Waals surface area contributed by atoms with E-state index in [0.29, 0.717) is 22.5 Å². The number of benzene rings is 5. The van der Waals surface area contributed by atoms with Gasteiger partial charge in [-0.25, -0.2) is 0 Å². The predicted octanol–water partition coefficient (Wildman–Crippen LogP) is 4.81. The molecule has 0 aliphatic rings. The number of rotatable bonds is 6. The van der Waals surface area contributed by atoms with Crippen molar-refractivity contribution in [1.82, 2.24) is 9.80 Å². The fourth-order valence-electron chi connectivity index (χ4n) is 3.77. The van der Waals surface area contributed by atoms with Gasteiger partial charge in [-0.3, -0.25) is 19.6 Å².